The molecule has 0 atom stereocenters. The molecule has 0 bridgehead atoms. The van der Waals surface area contributed by atoms with Crippen molar-refractivity contribution < 1.29 is 0 Å². The van der Waals surface area contributed by atoms with E-state index in [1.807, 2.05) is 6.92 Å². The number of H-pyrrole nitrogens is 1. The summed E-state index contributed by atoms with van der Waals surface area (Å²) < 4.78 is 1.74. The number of rotatable bonds is 2. The second-order valence-electron chi connectivity index (χ2n) is 3.45. The topological polar surface area (TPSA) is 89.6 Å². The molecule has 0 radical (unpaired) electrons. The molecule has 78 valence electrons. The van der Waals surface area contributed by atoms with Gasteiger partial charge in [0.1, 0.15) is 0 Å². The largest absolute Gasteiger partial charge is 0.369 e. The Labute approximate surface area is 85.5 Å². The van der Waals surface area contributed by atoms with Gasteiger partial charge in [-0.2, -0.15) is 4.98 Å². The van der Waals surface area contributed by atoms with Crippen molar-refractivity contribution >= 4 is 17.1 Å². The summed E-state index contributed by atoms with van der Waals surface area (Å²) in [4.78, 5) is 21.8. The molecule has 0 saturated carbocycles. The second-order valence-corrected chi connectivity index (χ2v) is 3.45. The minimum Gasteiger partial charge on any atom is -0.369 e. The number of imidazole rings is 1. The maximum absolute atomic E-state index is 11.4. The number of nitrogens with zero attached hydrogens (tertiary/aromatic N) is 3. The summed E-state index contributed by atoms with van der Waals surface area (Å²) >= 11 is 0. The number of aromatic amines is 1. The first-order valence-corrected chi connectivity index (χ1v) is 4.43. The zero-order valence-electron chi connectivity index (χ0n) is 8.32. The number of hydrogen-bond donors (Lipinski definition) is 2. The quantitative estimate of drug-likeness (QED) is 0.689. The molecule has 0 aliphatic rings. The molecule has 0 spiro atoms. The van der Waals surface area contributed by atoms with Crippen LogP contribution in [0.15, 0.2) is 23.3 Å². The first kappa shape index (κ1) is 9.45. The van der Waals surface area contributed by atoms with Crippen LogP contribution < -0.4 is 11.3 Å². The number of hydrogen-bond acceptors (Lipinski definition) is 4. The van der Waals surface area contributed by atoms with E-state index in [2.05, 4.69) is 21.5 Å². The Balaban J connectivity index is 2.68. The zero-order chi connectivity index (χ0) is 11.0. The van der Waals surface area contributed by atoms with Crippen LogP contribution >= 0.6 is 0 Å². The van der Waals surface area contributed by atoms with Gasteiger partial charge in [0.05, 0.1) is 6.33 Å². The molecule has 2 rings (SSSR count). The van der Waals surface area contributed by atoms with Crippen LogP contribution in [-0.4, -0.2) is 19.5 Å². The third kappa shape index (κ3) is 1.61. The standard InChI is InChI=1S/C9H11N5O/c1-5(2)3-14-4-11-6-7(14)12-9(10)13-8(6)15/h4H,1,3H2,2H3,(H3,10,12,13,15). The summed E-state index contributed by atoms with van der Waals surface area (Å²) in [6.07, 6.45) is 1.56. The normalized spacial score (nSPS) is 10.7. The third-order valence-corrected chi connectivity index (χ3v) is 1.93. The number of nitrogen functional groups attached to an aromatic ring is 1. The van der Waals surface area contributed by atoms with Crippen LogP contribution in [0.5, 0.6) is 0 Å². The summed E-state index contributed by atoms with van der Waals surface area (Å²) in [5.41, 5.74) is 6.87. The molecular weight excluding hydrogens is 194 g/mol. The van der Waals surface area contributed by atoms with Gasteiger partial charge in [0.25, 0.3) is 5.56 Å². The van der Waals surface area contributed by atoms with E-state index in [9.17, 15) is 4.79 Å². The maximum atomic E-state index is 11.4. The molecule has 0 aliphatic heterocycles. The molecular formula is C9H11N5O. The van der Waals surface area contributed by atoms with E-state index >= 15 is 0 Å². The minimum atomic E-state index is -0.321. The van der Waals surface area contributed by atoms with Crippen LogP contribution in [0.1, 0.15) is 6.92 Å². The van der Waals surface area contributed by atoms with Gasteiger partial charge >= 0.3 is 0 Å². The molecule has 6 nitrogen and oxygen atoms in total. The van der Waals surface area contributed by atoms with Crippen molar-refractivity contribution in [3.63, 3.8) is 0 Å². The first-order chi connectivity index (χ1) is 7.08. The number of aromatic nitrogens is 4. The van der Waals surface area contributed by atoms with Crippen molar-refractivity contribution in [2.24, 2.45) is 0 Å². The number of fused-ring (bicyclic) bond motifs is 1. The Bertz CT molecular complexity index is 580. The average molecular weight is 205 g/mol. The predicted molar refractivity (Wildman–Crippen MR) is 57.4 cm³/mol. The fourth-order valence-corrected chi connectivity index (χ4v) is 1.38. The van der Waals surface area contributed by atoms with Crippen LogP contribution in [-0.2, 0) is 6.54 Å². The smallest absolute Gasteiger partial charge is 0.280 e. The Morgan fingerprint density at radius 2 is 2.47 bits per heavy atom. The molecule has 0 unspecified atom stereocenters. The molecule has 2 aromatic rings. The number of nitrogens with two attached hydrogens (primary N) is 1. The summed E-state index contributed by atoms with van der Waals surface area (Å²) in [6.45, 7) is 6.26. The number of nitrogens with one attached hydrogen (secondary N) is 1. The third-order valence-electron chi connectivity index (χ3n) is 1.93. The monoisotopic (exact) mass is 205 g/mol. The first-order valence-electron chi connectivity index (χ1n) is 4.43. The Morgan fingerprint density at radius 3 is 3.13 bits per heavy atom. The average Bonchev–Trinajstić information content (AvgIpc) is 2.48. The van der Waals surface area contributed by atoms with Crippen molar-refractivity contribution in [2.75, 3.05) is 5.73 Å². The molecule has 0 amide bonds. The molecule has 2 heterocycles. The predicted octanol–water partition coefficient (Wildman–Crippen LogP) is 0.278. The highest BCUT2D eigenvalue weighted by Crippen LogP contribution is 2.07. The highest BCUT2D eigenvalue weighted by molar-refractivity contribution is 5.70. The molecule has 15 heavy (non-hydrogen) atoms. The van der Waals surface area contributed by atoms with Gasteiger partial charge in [0, 0.05) is 6.54 Å². The van der Waals surface area contributed by atoms with Gasteiger partial charge in [-0.25, -0.2) is 4.98 Å². The van der Waals surface area contributed by atoms with E-state index in [1.54, 1.807) is 10.9 Å². The van der Waals surface area contributed by atoms with Crippen molar-refractivity contribution in [3.05, 3.63) is 28.8 Å². The van der Waals surface area contributed by atoms with E-state index in [0.29, 0.717) is 17.7 Å². The van der Waals surface area contributed by atoms with E-state index < -0.39 is 0 Å². The molecule has 2 aromatic heterocycles. The van der Waals surface area contributed by atoms with Crippen molar-refractivity contribution in [1.29, 1.82) is 0 Å². The van der Waals surface area contributed by atoms with E-state index in [1.165, 1.54) is 0 Å². The summed E-state index contributed by atoms with van der Waals surface area (Å²) in [6, 6.07) is 0. The van der Waals surface area contributed by atoms with Gasteiger partial charge in [0.2, 0.25) is 5.95 Å². The summed E-state index contributed by atoms with van der Waals surface area (Å²) in [7, 11) is 0. The van der Waals surface area contributed by atoms with Crippen molar-refractivity contribution in [2.45, 2.75) is 13.5 Å². The Hall–Kier alpha value is -2.11. The van der Waals surface area contributed by atoms with Gasteiger partial charge < -0.3 is 10.3 Å². The summed E-state index contributed by atoms with van der Waals surface area (Å²) in [5.74, 6) is 0.0935. The van der Waals surface area contributed by atoms with E-state index in [4.69, 9.17) is 5.73 Å². The second kappa shape index (κ2) is 3.23. The lowest BCUT2D eigenvalue weighted by Gasteiger charge is -2.02. The van der Waals surface area contributed by atoms with Crippen LogP contribution in [0.4, 0.5) is 5.95 Å². The minimum absolute atomic E-state index is 0.0935. The molecule has 6 heteroatoms. The van der Waals surface area contributed by atoms with E-state index in [-0.39, 0.29) is 11.5 Å². The lowest BCUT2D eigenvalue weighted by atomic mass is 10.3. The van der Waals surface area contributed by atoms with Crippen molar-refractivity contribution in [1.82, 2.24) is 19.5 Å². The number of allylic oxidation sites excluding steroid dienone is 1. The van der Waals surface area contributed by atoms with E-state index in [0.717, 1.165) is 5.57 Å². The Morgan fingerprint density at radius 1 is 1.73 bits per heavy atom. The van der Waals surface area contributed by atoms with Gasteiger partial charge in [-0.3, -0.25) is 9.78 Å². The van der Waals surface area contributed by atoms with Crippen molar-refractivity contribution in [3.8, 4) is 0 Å². The van der Waals surface area contributed by atoms with Gasteiger partial charge in [-0.05, 0) is 6.92 Å². The molecule has 0 fully saturated rings. The van der Waals surface area contributed by atoms with Gasteiger partial charge in [-0.15, -0.1) is 0 Å². The van der Waals surface area contributed by atoms with Crippen LogP contribution in [0.25, 0.3) is 11.2 Å². The fraction of sp³-hybridized carbons (Fsp3) is 0.222. The highest BCUT2D eigenvalue weighted by atomic mass is 16.1. The molecule has 0 aromatic carbocycles. The van der Waals surface area contributed by atoms with Crippen LogP contribution in [0.3, 0.4) is 0 Å². The van der Waals surface area contributed by atoms with Gasteiger partial charge in [-0.1, -0.05) is 12.2 Å². The molecule has 0 saturated heterocycles. The zero-order valence-corrected chi connectivity index (χ0v) is 8.32. The number of anilines is 1. The SMILES string of the molecule is C=C(C)Cn1cnc2c(=O)[nH]c(N)nc21. The lowest BCUT2D eigenvalue weighted by Crippen LogP contribution is -2.12. The highest BCUT2D eigenvalue weighted by Gasteiger charge is 2.08. The molecule has 0 aliphatic carbocycles. The maximum Gasteiger partial charge on any atom is 0.280 e. The van der Waals surface area contributed by atoms with Gasteiger partial charge in [0.15, 0.2) is 11.2 Å². The van der Waals surface area contributed by atoms with Crippen LogP contribution in [0, 0.1) is 0 Å². The molecule has 3 N–H and O–H groups in total. The lowest BCUT2D eigenvalue weighted by molar-refractivity contribution is 0.801. The fourth-order valence-electron chi connectivity index (χ4n) is 1.38. The van der Waals surface area contributed by atoms with Crippen LogP contribution in [0.2, 0.25) is 0 Å². The Kier molecular flexibility index (Phi) is 2.03. The summed E-state index contributed by atoms with van der Waals surface area (Å²) in [5, 5.41) is 0.